The van der Waals surface area contributed by atoms with Gasteiger partial charge in [0.2, 0.25) is 0 Å². The molecule has 0 unspecified atom stereocenters. The predicted molar refractivity (Wildman–Crippen MR) is 77.8 cm³/mol. The van der Waals surface area contributed by atoms with Gasteiger partial charge < -0.3 is 5.32 Å². The fourth-order valence-corrected chi connectivity index (χ4v) is 3.60. The van der Waals surface area contributed by atoms with Crippen molar-refractivity contribution < 1.29 is 0 Å². The number of nitrogens with one attached hydrogen (secondary N) is 1. The zero-order valence-corrected chi connectivity index (χ0v) is 12.4. The highest BCUT2D eigenvalue weighted by Crippen LogP contribution is 2.24. The molecule has 0 saturated heterocycles. The fourth-order valence-electron chi connectivity index (χ4n) is 2.81. The maximum absolute atomic E-state index is 4.70. The maximum atomic E-state index is 4.70. The Morgan fingerprint density at radius 3 is 2.83 bits per heavy atom. The van der Waals surface area contributed by atoms with Crippen LogP contribution in [-0.2, 0) is 13.1 Å². The second-order valence-corrected chi connectivity index (χ2v) is 6.06. The van der Waals surface area contributed by atoms with Crippen LogP contribution in [0, 0.1) is 0 Å². The van der Waals surface area contributed by atoms with Crippen LogP contribution in [0.2, 0.25) is 0 Å². The van der Waals surface area contributed by atoms with E-state index in [1.807, 2.05) is 7.05 Å². The lowest BCUT2D eigenvalue weighted by molar-refractivity contribution is 0.154. The molecule has 1 saturated carbocycles. The molecule has 0 radical (unpaired) electrons. The lowest BCUT2D eigenvalue weighted by atomic mass is 9.94. The van der Waals surface area contributed by atoms with Crippen molar-refractivity contribution >= 4 is 11.3 Å². The molecule has 0 aromatic carbocycles. The van der Waals surface area contributed by atoms with E-state index in [1.54, 1.807) is 11.3 Å². The maximum Gasteiger partial charge on any atom is 0.107 e. The van der Waals surface area contributed by atoms with Crippen LogP contribution in [-0.4, -0.2) is 29.5 Å². The van der Waals surface area contributed by atoms with Gasteiger partial charge in [0.1, 0.15) is 5.01 Å². The van der Waals surface area contributed by atoms with Crippen molar-refractivity contribution in [2.24, 2.45) is 0 Å². The number of hydrogen-bond acceptors (Lipinski definition) is 4. The van der Waals surface area contributed by atoms with Crippen molar-refractivity contribution in [3.05, 3.63) is 16.1 Å². The second kappa shape index (κ2) is 7.22. The van der Waals surface area contributed by atoms with E-state index in [4.69, 9.17) is 4.98 Å². The molecule has 0 spiro atoms. The molecule has 1 heterocycles. The Morgan fingerprint density at radius 2 is 2.17 bits per heavy atom. The second-order valence-electron chi connectivity index (χ2n) is 5.12. The van der Waals surface area contributed by atoms with Gasteiger partial charge in [-0.05, 0) is 26.4 Å². The smallest absolute Gasteiger partial charge is 0.107 e. The van der Waals surface area contributed by atoms with E-state index in [2.05, 4.69) is 22.5 Å². The number of nitrogens with zero attached hydrogens (tertiary/aromatic N) is 2. The van der Waals surface area contributed by atoms with Crippen LogP contribution in [0.4, 0.5) is 0 Å². The minimum atomic E-state index is 0.790. The first-order chi connectivity index (χ1) is 8.83. The van der Waals surface area contributed by atoms with Crippen LogP contribution in [0.15, 0.2) is 5.38 Å². The Morgan fingerprint density at radius 1 is 1.39 bits per heavy atom. The Balaban J connectivity index is 1.91. The molecule has 102 valence electrons. The lowest BCUT2D eigenvalue weighted by Crippen LogP contribution is -2.36. The van der Waals surface area contributed by atoms with Crippen molar-refractivity contribution in [3.8, 4) is 0 Å². The predicted octanol–water partition coefficient (Wildman–Crippen LogP) is 3.02. The number of hydrogen-bond donors (Lipinski definition) is 1. The largest absolute Gasteiger partial charge is 0.314 e. The first-order valence-corrected chi connectivity index (χ1v) is 8.03. The highest BCUT2D eigenvalue weighted by Gasteiger charge is 2.20. The van der Waals surface area contributed by atoms with Crippen LogP contribution >= 0.6 is 11.3 Å². The first-order valence-electron chi connectivity index (χ1n) is 7.15. The van der Waals surface area contributed by atoms with Crippen LogP contribution in [0.5, 0.6) is 0 Å². The molecule has 4 heteroatoms. The Labute approximate surface area is 115 Å². The lowest BCUT2D eigenvalue weighted by Gasteiger charge is -2.33. The van der Waals surface area contributed by atoms with Crippen molar-refractivity contribution in [1.29, 1.82) is 0 Å². The Hall–Kier alpha value is -0.450. The van der Waals surface area contributed by atoms with Gasteiger partial charge in [0.25, 0.3) is 0 Å². The number of thiazole rings is 1. The molecule has 2 rings (SSSR count). The van der Waals surface area contributed by atoms with Gasteiger partial charge in [-0.25, -0.2) is 4.98 Å². The van der Waals surface area contributed by atoms with E-state index in [-0.39, 0.29) is 0 Å². The number of aromatic nitrogens is 1. The SMILES string of the molecule is CCN(Cc1csc(CNC)n1)C1CCCCC1. The van der Waals surface area contributed by atoms with Gasteiger partial charge in [-0.15, -0.1) is 11.3 Å². The molecule has 1 N–H and O–H groups in total. The molecule has 0 atom stereocenters. The minimum absolute atomic E-state index is 0.790. The van der Waals surface area contributed by atoms with Crippen LogP contribution in [0.25, 0.3) is 0 Å². The summed E-state index contributed by atoms with van der Waals surface area (Å²) in [6.45, 7) is 5.33. The molecule has 0 amide bonds. The highest BCUT2D eigenvalue weighted by molar-refractivity contribution is 7.09. The summed E-state index contributed by atoms with van der Waals surface area (Å²) in [6, 6.07) is 0.790. The van der Waals surface area contributed by atoms with E-state index in [0.717, 1.165) is 25.7 Å². The standard InChI is InChI=1S/C14H25N3S/c1-3-17(13-7-5-4-6-8-13)10-12-11-18-14(16-12)9-15-2/h11,13,15H,3-10H2,1-2H3. The summed E-state index contributed by atoms with van der Waals surface area (Å²) in [6.07, 6.45) is 6.99. The third-order valence-electron chi connectivity index (χ3n) is 3.79. The highest BCUT2D eigenvalue weighted by atomic mass is 32.1. The quantitative estimate of drug-likeness (QED) is 0.859. The van der Waals surface area contributed by atoms with Gasteiger partial charge in [0.05, 0.1) is 5.69 Å². The van der Waals surface area contributed by atoms with Gasteiger partial charge >= 0.3 is 0 Å². The topological polar surface area (TPSA) is 28.2 Å². The van der Waals surface area contributed by atoms with Crippen molar-refractivity contribution in [2.75, 3.05) is 13.6 Å². The molecular formula is C14H25N3S. The van der Waals surface area contributed by atoms with Crippen molar-refractivity contribution in [2.45, 2.75) is 58.2 Å². The normalized spacial score (nSPS) is 17.5. The number of rotatable bonds is 6. The van der Waals surface area contributed by atoms with Gasteiger partial charge in [0, 0.05) is 24.5 Å². The van der Waals surface area contributed by atoms with Crippen LogP contribution in [0.1, 0.15) is 49.7 Å². The van der Waals surface area contributed by atoms with Crippen LogP contribution in [0.3, 0.4) is 0 Å². The minimum Gasteiger partial charge on any atom is -0.314 e. The molecule has 3 nitrogen and oxygen atoms in total. The zero-order chi connectivity index (χ0) is 12.8. The average molecular weight is 267 g/mol. The van der Waals surface area contributed by atoms with Crippen molar-refractivity contribution in [1.82, 2.24) is 15.2 Å². The Kier molecular flexibility index (Phi) is 5.60. The van der Waals surface area contributed by atoms with E-state index >= 15 is 0 Å². The monoisotopic (exact) mass is 267 g/mol. The fraction of sp³-hybridized carbons (Fsp3) is 0.786. The summed E-state index contributed by atoms with van der Waals surface area (Å²) in [5.74, 6) is 0. The van der Waals surface area contributed by atoms with Crippen molar-refractivity contribution in [3.63, 3.8) is 0 Å². The summed E-state index contributed by atoms with van der Waals surface area (Å²) in [5, 5.41) is 6.58. The van der Waals surface area contributed by atoms with Gasteiger partial charge in [-0.1, -0.05) is 26.2 Å². The van der Waals surface area contributed by atoms with E-state index < -0.39 is 0 Å². The molecule has 1 aliphatic carbocycles. The Bertz CT molecular complexity index is 345. The molecule has 18 heavy (non-hydrogen) atoms. The molecule has 0 aliphatic heterocycles. The van der Waals surface area contributed by atoms with Gasteiger partial charge in [0.15, 0.2) is 0 Å². The summed E-state index contributed by atoms with van der Waals surface area (Å²) in [5.41, 5.74) is 1.25. The van der Waals surface area contributed by atoms with E-state index in [1.165, 1.54) is 42.8 Å². The summed E-state index contributed by atoms with van der Waals surface area (Å²) < 4.78 is 0. The molecule has 1 aliphatic rings. The third-order valence-corrected chi connectivity index (χ3v) is 4.69. The van der Waals surface area contributed by atoms with E-state index in [0.29, 0.717) is 0 Å². The molecule has 1 fully saturated rings. The zero-order valence-electron chi connectivity index (χ0n) is 11.6. The van der Waals surface area contributed by atoms with Gasteiger partial charge in [-0.3, -0.25) is 4.90 Å². The first kappa shape index (κ1) is 14.0. The van der Waals surface area contributed by atoms with E-state index in [9.17, 15) is 0 Å². The van der Waals surface area contributed by atoms with Gasteiger partial charge in [-0.2, -0.15) is 0 Å². The molecule has 1 aromatic rings. The third kappa shape index (κ3) is 3.77. The molecule has 0 bridgehead atoms. The molecular weight excluding hydrogens is 242 g/mol. The van der Waals surface area contributed by atoms with Crippen LogP contribution < -0.4 is 5.32 Å². The average Bonchev–Trinajstić information content (AvgIpc) is 2.85. The molecule has 1 aromatic heterocycles. The summed E-state index contributed by atoms with van der Waals surface area (Å²) in [7, 11) is 1.97. The summed E-state index contributed by atoms with van der Waals surface area (Å²) in [4.78, 5) is 7.31. The summed E-state index contributed by atoms with van der Waals surface area (Å²) >= 11 is 1.77.